The zero-order chi connectivity index (χ0) is 25.6. The number of nitrogens with two attached hydrogens (primary N) is 1. The van der Waals surface area contributed by atoms with E-state index in [1.807, 2.05) is 37.3 Å². The average Bonchev–Trinajstić information content (AvgIpc) is 2.79. The first-order valence-electron chi connectivity index (χ1n) is 12.1. The summed E-state index contributed by atoms with van der Waals surface area (Å²) < 4.78 is 0. The molecule has 188 valence electrons. The predicted molar refractivity (Wildman–Crippen MR) is 145 cm³/mol. The van der Waals surface area contributed by atoms with Crippen molar-refractivity contribution in [2.45, 2.75) is 70.4 Å². The highest BCUT2D eigenvalue weighted by atomic mass is 32.2. The highest BCUT2D eigenvalue weighted by Crippen LogP contribution is 2.36. The number of hydrogen-bond donors (Lipinski definition) is 3. The number of carbonyl (C=O) groups excluding carboxylic acids is 1. The van der Waals surface area contributed by atoms with E-state index in [0.717, 1.165) is 42.3 Å². The lowest BCUT2D eigenvalue weighted by molar-refractivity contribution is -0.115. The molecule has 0 saturated carbocycles. The lowest BCUT2D eigenvalue weighted by atomic mass is 9.75. The number of hydrogen-bond acceptors (Lipinski definition) is 7. The van der Waals surface area contributed by atoms with Crippen LogP contribution in [0.1, 0.15) is 60.3 Å². The molecule has 2 heterocycles. The van der Waals surface area contributed by atoms with Crippen molar-refractivity contribution in [1.29, 1.82) is 5.41 Å². The zero-order valence-corrected chi connectivity index (χ0v) is 22.2. The molecule has 1 aliphatic rings. The second kappa shape index (κ2) is 11.7. The van der Waals surface area contributed by atoms with E-state index in [1.165, 1.54) is 11.8 Å². The summed E-state index contributed by atoms with van der Waals surface area (Å²) in [4.78, 5) is 28.9. The van der Waals surface area contributed by atoms with Gasteiger partial charge in [0.1, 0.15) is 11.7 Å². The average molecular weight is 496 g/mol. The van der Waals surface area contributed by atoms with Crippen LogP contribution in [0, 0.1) is 16.7 Å². The van der Waals surface area contributed by atoms with Gasteiger partial charge in [0.2, 0.25) is 5.91 Å². The van der Waals surface area contributed by atoms with Gasteiger partial charge >= 0.3 is 0 Å². The van der Waals surface area contributed by atoms with Gasteiger partial charge in [-0.2, -0.15) is 0 Å². The van der Waals surface area contributed by atoms with Crippen LogP contribution in [0.3, 0.4) is 0 Å². The van der Waals surface area contributed by atoms with Crippen LogP contribution in [0.2, 0.25) is 0 Å². The van der Waals surface area contributed by atoms with Crippen LogP contribution in [-0.4, -0.2) is 40.5 Å². The summed E-state index contributed by atoms with van der Waals surface area (Å²) in [6, 6.07) is 9.52. The summed E-state index contributed by atoms with van der Waals surface area (Å²) in [5.74, 6) is 2.38. The Labute approximate surface area is 212 Å². The number of amidine groups is 1. The van der Waals surface area contributed by atoms with Crippen molar-refractivity contribution in [3.8, 4) is 0 Å². The van der Waals surface area contributed by atoms with Gasteiger partial charge in [0, 0.05) is 48.3 Å². The minimum absolute atomic E-state index is 0.0167. The molecule has 0 unspecified atom stereocenters. The first-order chi connectivity index (χ1) is 16.5. The Balaban J connectivity index is 1.84. The molecule has 0 spiro atoms. The Morgan fingerprint density at radius 1 is 1.23 bits per heavy atom. The minimum Gasteiger partial charge on any atom is -0.387 e. The van der Waals surface area contributed by atoms with Crippen molar-refractivity contribution in [2.75, 3.05) is 23.3 Å². The molecular weight excluding hydrogens is 458 g/mol. The standard InChI is InChI=1S/C26H37N7OS/c1-6-24(34)29-19-7-9-20(10-8-19)35-25-31-22(30-21(28)15-17(2)27)16-23(32-25)33-13-11-18(12-14-33)26(3,4)5/h7-10,16,18,27H,6,11-15H2,1-5H3,(H,29,34)(H2,28,30,31,32). The van der Waals surface area contributed by atoms with E-state index < -0.39 is 0 Å². The second-order valence-corrected chi connectivity index (χ2v) is 11.1. The van der Waals surface area contributed by atoms with Gasteiger partial charge in [-0.3, -0.25) is 4.79 Å². The maximum atomic E-state index is 11.6. The van der Waals surface area contributed by atoms with Crippen LogP contribution in [0.5, 0.6) is 0 Å². The van der Waals surface area contributed by atoms with Gasteiger partial charge in [0.15, 0.2) is 11.0 Å². The van der Waals surface area contributed by atoms with Crippen molar-refractivity contribution in [3.05, 3.63) is 30.3 Å². The predicted octanol–water partition coefficient (Wildman–Crippen LogP) is 5.66. The topological polar surface area (TPSA) is 120 Å². The SMILES string of the molecule is CCC(=O)Nc1ccc(Sc2nc(N=C(N)CC(C)=N)cc(N3CCC(C(C)(C)C)CC3)n2)cc1. The van der Waals surface area contributed by atoms with Crippen LogP contribution in [0.25, 0.3) is 0 Å². The molecule has 0 bridgehead atoms. The summed E-state index contributed by atoms with van der Waals surface area (Å²) in [6.45, 7) is 12.3. The fraction of sp³-hybridized carbons (Fsp3) is 0.500. The van der Waals surface area contributed by atoms with E-state index in [-0.39, 0.29) is 5.91 Å². The number of piperidine rings is 1. The summed E-state index contributed by atoms with van der Waals surface area (Å²) in [7, 11) is 0. The molecule has 1 aliphatic heterocycles. The van der Waals surface area contributed by atoms with Gasteiger partial charge in [0.05, 0.1) is 0 Å². The van der Waals surface area contributed by atoms with Crippen molar-refractivity contribution < 1.29 is 4.79 Å². The molecular formula is C26H37N7OS. The summed E-state index contributed by atoms with van der Waals surface area (Å²) in [5.41, 5.74) is 7.58. The number of nitrogens with one attached hydrogen (secondary N) is 2. The van der Waals surface area contributed by atoms with E-state index >= 15 is 0 Å². The highest BCUT2D eigenvalue weighted by molar-refractivity contribution is 7.99. The molecule has 1 saturated heterocycles. The lowest BCUT2D eigenvalue weighted by Crippen LogP contribution is -2.38. The maximum absolute atomic E-state index is 11.6. The molecule has 0 radical (unpaired) electrons. The molecule has 2 aromatic rings. The largest absolute Gasteiger partial charge is 0.387 e. The van der Waals surface area contributed by atoms with Gasteiger partial charge in [-0.25, -0.2) is 15.0 Å². The molecule has 9 heteroatoms. The molecule has 1 fully saturated rings. The van der Waals surface area contributed by atoms with Crippen molar-refractivity contribution in [1.82, 2.24) is 9.97 Å². The highest BCUT2D eigenvalue weighted by Gasteiger charge is 2.29. The smallest absolute Gasteiger partial charge is 0.224 e. The Morgan fingerprint density at radius 2 is 1.89 bits per heavy atom. The van der Waals surface area contributed by atoms with Gasteiger partial charge in [-0.05, 0) is 67.1 Å². The van der Waals surface area contributed by atoms with E-state index in [0.29, 0.717) is 46.7 Å². The monoisotopic (exact) mass is 495 g/mol. The Bertz CT molecular complexity index is 1070. The second-order valence-electron chi connectivity index (χ2n) is 10.1. The van der Waals surface area contributed by atoms with E-state index in [9.17, 15) is 4.79 Å². The number of nitrogens with zero attached hydrogens (tertiary/aromatic N) is 4. The molecule has 3 rings (SSSR count). The fourth-order valence-electron chi connectivity index (χ4n) is 4.06. The first-order valence-corrected chi connectivity index (χ1v) is 12.9. The number of aliphatic imine (C=N–C) groups is 1. The van der Waals surface area contributed by atoms with E-state index in [1.54, 1.807) is 6.92 Å². The molecule has 4 N–H and O–H groups in total. The van der Waals surface area contributed by atoms with Crippen LogP contribution >= 0.6 is 11.8 Å². The first kappa shape index (κ1) is 26.7. The third-order valence-corrected chi connectivity index (χ3v) is 6.97. The summed E-state index contributed by atoms with van der Waals surface area (Å²) in [6.07, 6.45) is 2.99. The number of rotatable bonds is 8. The number of carbonyl (C=O) groups is 1. The fourth-order valence-corrected chi connectivity index (χ4v) is 4.82. The maximum Gasteiger partial charge on any atom is 0.224 e. The molecule has 1 aromatic heterocycles. The third-order valence-electron chi connectivity index (χ3n) is 6.10. The quantitative estimate of drug-likeness (QED) is 0.247. The zero-order valence-electron chi connectivity index (χ0n) is 21.4. The number of amides is 1. The number of anilines is 2. The molecule has 1 aromatic carbocycles. The Morgan fingerprint density at radius 3 is 2.46 bits per heavy atom. The molecule has 1 amide bonds. The normalized spacial score (nSPS) is 15.2. The van der Waals surface area contributed by atoms with Gasteiger partial charge in [-0.15, -0.1) is 0 Å². The van der Waals surface area contributed by atoms with Crippen molar-refractivity contribution in [3.63, 3.8) is 0 Å². The van der Waals surface area contributed by atoms with Crippen LogP contribution in [0.15, 0.2) is 45.4 Å². The molecule has 0 atom stereocenters. The van der Waals surface area contributed by atoms with Crippen LogP contribution in [0.4, 0.5) is 17.3 Å². The molecule has 35 heavy (non-hydrogen) atoms. The molecule has 0 aliphatic carbocycles. The van der Waals surface area contributed by atoms with E-state index in [2.05, 4.69) is 41.0 Å². The third kappa shape index (κ3) is 8.06. The van der Waals surface area contributed by atoms with Gasteiger partial charge in [-0.1, -0.05) is 27.7 Å². The van der Waals surface area contributed by atoms with Gasteiger partial charge < -0.3 is 21.4 Å². The van der Waals surface area contributed by atoms with Crippen LogP contribution in [-0.2, 0) is 4.79 Å². The minimum atomic E-state index is -0.0167. The van der Waals surface area contributed by atoms with Gasteiger partial charge in [0.25, 0.3) is 0 Å². The number of benzene rings is 1. The Kier molecular flexibility index (Phi) is 8.88. The van der Waals surface area contributed by atoms with E-state index in [4.69, 9.17) is 16.1 Å². The van der Waals surface area contributed by atoms with Crippen LogP contribution < -0.4 is 16.0 Å². The lowest BCUT2D eigenvalue weighted by Gasteiger charge is -2.39. The summed E-state index contributed by atoms with van der Waals surface area (Å²) in [5, 5.41) is 11.1. The van der Waals surface area contributed by atoms with Crippen molar-refractivity contribution in [2.24, 2.45) is 22.1 Å². The summed E-state index contributed by atoms with van der Waals surface area (Å²) >= 11 is 1.45. The number of aromatic nitrogens is 2. The molecule has 8 nitrogen and oxygen atoms in total. The Hall–Kier alpha value is -2.94. The van der Waals surface area contributed by atoms with Crippen molar-refractivity contribution >= 4 is 46.5 Å².